The van der Waals surface area contributed by atoms with E-state index < -0.39 is 0 Å². The minimum Gasteiger partial charge on any atom is -0.524 e. The molecule has 45 valence electrons. The number of nitrogens with one attached hydrogen (secondary N) is 1. The van der Waals surface area contributed by atoms with Gasteiger partial charge in [-0.3, -0.25) is 13.0 Å². The first kappa shape index (κ1) is 22.5. The Labute approximate surface area is 98.7 Å². The van der Waals surface area contributed by atoms with Crippen LogP contribution in [0, 0.1) is 32.8 Å². The van der Waals surface area contributed by atoms with Gasteiger partial charge in [0.1, 0.15) is 0 Å². The van der Waals surface area contributed by atoms with Crippen molar-refractivity contribution in [1.82, 2.24) is 5.32 Å². The predicted molar refractivity (Wildman–Crippen MR) is 32.7 cm³/mol. The van der Waals surface area contributed by atoms with Crippen LogP contribution in [0.4, 0.5) is 0 Å². The second-order valence-corrected chi connectivity index (χ2v) is 0.637. The first-order chi connectivity index (χ1) is 2.91. The fourth-order valence-corrected chi connectivity index (χ4v) is 0.0927. The minimum absolute atomic E-state index is 0. The van der Waals surface area contributed by atoms with Crippen LogP contribution < -0.4 is 5.32 Å². The SMILES string of the molecule is [B]C#C[CH-]N[CH2-].[CH3-].[W+2].[Y]. The van der Waals surface area contributed by atoms with Gasteiger partial charge in [0.15, 0.2) is 0 Å². The van der Waals surface area contributed by atoms with Crippen molar-refractivity contribution in [1.29, 1.82) is 0 Å². The monoisotopic (exact) mass is 365 g/mol. The molecule has 0 aliphatic carbocycles. The van der Waals surface area contributed by atoms with E-state index in [0.29, 0.717) is 0 Å². The summed E-state index contributed by atoms with van der Waals surface area (Å²) in [7, 11) is 8.01. The molecule has 0 bridgehead atoms. The molecule has 0 heterocycles. The van der Waals surface area contributed by atoms with Crippen LogP contribution >= 0.6 is 0 Å². The van der Waals surface area contributed by atoms with Gasteiger partial charge in [0, 0.05) is 40.6 Å². The number of hydrogen-bond donors (Lipinski definition) is 1. The molecule has 3 radical (unpaired) electrons. The summed E-state index contributed by atoms with van der Waals surface area (Å²) in [5, 5.41) is 2.44. The van der Waals surface area contributed by atoms with E-state index in [4.69, 9.17) is 7.85 Å². The maximum atomic E-state index is 4.75. The molecular weight excluding hydrogens is 358 g/mol. The number of rotatable bonds is 1. The van der Waals surface area contributed by atoms with Crippen molar-refractivity contribution in [3.63, 3.8) is 0 Å². The molecule has 0 aromatic rings. The fourth-order valence-electron chi connectivity index (χ4n) is 0.0927. The average molecular weight is 365 g/mol. The van der Waals surface area contributed by atoms with E-state index in [-0.39, 0.29) is 61.2 Å². The summed E-state index contributed by atoms with van der Waals surface area (Å²) in [6, 6.07) is 0. The third-order valence-electron chi connectivity index (χ3n) is 0.258. The summed E-state index contributed by atoms with van der Waals surface area (Å²) in [6.45, 7) is 1.46. The zero-order chi connectivity index (χ0) is 4.83. The maximum absolute atomic E-state index is 4.75. The average Bonchev–Trinajstić information content (AvgIpc) is 1.61. The third kappa shape index (κ3) is 26.9. The quantitative estimate of drug-likeness (QED) is 0.395. The van der Waals surface area contributed by atoms with Crippen LogP contribution in [0.15, 0.2) is 0 Å². The maximum Gasteiger partial charge on any atom is 2.00 e. The Bertz CT molecular complexity index is 78.8. The summed E-state index contributed by atoms with van der Waals surface area (Å²) >= 11 is 0. The summed E-state index contributed by atoms with van der Waals surface area (Å²) in [5.41, 5.74) is 0. The van der Waals surface area contributed by atoms with Crippen LogP contribution in [0.25, 0.3) is 0 Å². The second kappa shape index (κ2) is 22.8. The molecule has 4 heteroatoms. The van der Waals surface area contributed by atoms with Crippen molar-refractivity contribution >= 4 is 7.85 Å². The van der Waals surface area contributed by atoms with Gasteiger partial charge in [-0.1, -0.05) is 0 Å². The number of hydrogen-bond acceptors (Lipinski definition) is 1. The molecule has 0 saturated carbocycles. The smallest absolute Gasteiger partial charge is 0.524 e. The Hall–Kier alpha value is 1.25. The summed E-state index contributed by atoms with van der Waals surface area (Å²) in [5.74, 6) is 4.59. The molecule has 0 atom stereocenters. The van der Waals surface area contributed by atoms with Crippen LogP contribution in [-0.2, 0) is 53.8 Å². The van der Waals surface area contributed by atoms with E-state index in [2.05, 4.69) is 24.1 Å². The predicted octanol–water partition coefficient (Wildman–Crippen LogP) is 0.104. The van der Waals surface area contributed by atoms with E-state index in [0.717, 1.165) is 0 Å². The fraction of sp³-hybridized carbons (Fsp3) is 0. The van der Waals surface area contributed by atoms with Gasteiger partial charge in [-0.15, -0.1) is 0 Å². The van der Waals surface area contributed by atoms with Gasteiger partial charge in [-0.05, 0) is 0 Å². The molecule has 0 rings (SSSR count). The molecule has 0 fully saturated rings. The van der Waals surface area contributed by atoms with E-state index in [9.17, 15) is 0 Å². The second-order valence-electron chi connectivity index (χ2n) is 0.637. The molecule has 0 amide bonds. The molecule has 9 heavy (non-hydrogen) atoms. The van der Waals surface area contributed by atoms with Crippen molar-refractivity contribution in [3.05, 3.63) is 21.0 Å². The first-order valence-corrected chi connectivity index (χ1v) is 1.47. The summed E-state index contributed by atoms with van der Waals surface area (Å²) in [4.78, 5) is 0. The summed E-state index contributed by atoms with van der Waals surface area (Å²) in [6.07, 6.45) is 0. The molecule has 0 saturated heterocycles. The van der Waals surface area contributed by atoms with Crippen LogP contribution in [-0.4, -0.2) is 7.85 Å². The Morgan fingerprint density at radius 3 is 2.11 bits per heavy atom. The standard InChI is InChI=1S/C4H4BN.CH3.W.Y/c1-6-4-2-3-5;;;/h4,6H,1H2;1H3;;/q-2;-1;+2;. The van der Waals surface area contributed by atoms with Crippen molar-refractivity contribution < 1.29 is 53.8 Å². The van der Waals surface area contributed by atoms with Gasteiger partial charge < -0.3 is 18.6 Å². The van der Waals surface area contributed by atoms with Crippen molar-refractivity contribution in [2.75, 3.05) is 0 Å². The van der Waals surface area contributed by atoms with Crippen LogP contribution in [0.2, 0.25) is 0 Å². The van der Waals surface area contributed by atoms with Crippen LogP contribution in [0.5, 0.6) is 0 Å². The molecule has 0 unspecified atom stereocenters. The topological polar surface area (TPSA) is 12.0 Å². The van der Waals surface area contributed by atoms with E-state index in [1.165, 1.54) is 6.54 Å². The Kier molecular flexibility index (Phi) is 57.0. The van der Waals surface area contributed by atoms with Crippen LogP contribution in [0.3, 0.4) is 0 Å². The molecule has 0 spiro atoms. The third-order valence-corrected chi connectivity index (χ3v) is 0.258. The zero-order valence-corrected chi connectivity index (χ0v) is 11.1. The van der Waals surface area contributed by atoms with Gasteiger partial charge in [0.25, 0.3) is 0 Å². The normalized spacial score (nSPS) is 3.67. The first-order valence-electron chi connectivity index (χ1n) is 1.47. The van der Waals surface area contributed by atoms with E-state index in [1.54, 1.807) is 0 Å². The van der Waals surface area contributed by atoms with Crippen molar-refractivity contribution in [2.45, 2.75) is 0 Å². The van der Waals surface area contributed by atoms with Gasteiger partial charge in [-0.25, -0.2) is 0 Å². The summed E-state index contributed by atoms with van der Waals surface area (Å²) < 4.78 is 0. The van der Waals surface area contributed by atoms with Crippen molar-refractivity contribution in [2.24, 2.45) is 0 Å². The molecule has 0 aliphatic heterocycles. The van der Waals surface area contributed by atoms with Gasteiger partial charge in [0.2, 0.25) is 0 Å². The molecule has 1 nitrogen and oxygen atoms in total. The van der Waals surface area contributed by atoms with Crippen LogP contribution in [0.1, 0.15) is 0 Å². The Morgan fingerprint density at radius 2 is 2.00 bits per heavy atom. The Morgan fingerprint density at radius 1 is 1.56 bits per heavy atom. The van der Waals surface area contributed by atoms with Gasteiger partial charge in [0.05, 0.1) is 0 Å². The van der Waals surface area contributed by atoms with Gasteiger partial charge in [-0.2, -0.15) is 6.54 Å². The molecule has 0 aromatic heterocycles. The van der Waals surface area contributed by atoms with E-state index >= 15 is 0 Å². The largest absolute Gasteiger partial charge is 2.00 e. The van der Waals surface area contributed by atoms with E-state index in [1.807, 2.05) is 0 Å². The minimum atomic E-state index is 0. The van der Waals surface area contributed by atoms with Crippen molar-refractivity contribution in [3.8, 4) is 11.7 Å². The zero-order valence-electron chi connectivity index (χ0n) is 5.35. The molecule has 0 aromatic carbocycles. The Balaban J connectivity index is -0.0000000417. The molecule has 1 N–H and O–H groups in total. The molecular formula is C5H7BNWY-. The molecule has 0 aliphatic rings. The van der Waals surface area contributed by atoms with Gasteiger partial charge >= 0.3 is 21.1 Å².